The second-order valence-electron chi connectivity index (χ2n) is 4.96. The number of aliphatic imine (C=N–C) groups is 1. The van der Waals surface area contributed by atoms with Gasteiger partial charge in [-0.2, -0.15) is 0 Å². The van der Waals surface area contributed by atoms with Gasteiger partial charge in [0.05, 0.1) is 12.6 Å². The van der Waals surface area contributed by atoms with Crippen LogP contribution in [0.3, 0.4) is 0 Å². The third kappa shape index (κ3) is 4.26. The van der Waals surface area contributed by atoms with E-state index in [1.807, 2.05) is 43.6 Å². The maximum atomic E-state index is 6.03. The zero-order chi connectivity index (χ0) is 15.2. The van der Waals surface area contributed by atoms with Crippen molar-refractivity contribution in [2.75, 3.05) is 7.05 Å². The van der Waals surface area contributed by atoms with E-state index >= 15 is 0 Å². The van der Waals surface area contributed by atoms with Gasteiger partial charge in [0.1, 0.15) is 0 Å². The van der Waals surface area contributed by atoms with Gasteiger partial charge in [0.2, 0.25) is 0 Å². The molecule has 0 aliphatic heterocycles. The molecule has 0 radical (unpaired) electrons. The predicted molar refractivity (Wildman–Crippen MR) is 88.6 cm³/mol. The van der Waals surface area contributed by atoms with E-state index in [0.717, 1.165) is 23.1 Å². The lowest BCUT2D eigenvalue weighted by molar-refractivity contribution is 0.676. The van der Waals surface area contributed by atoms with Crippen LogP contribution >= 0.6 is 11.6 Å². The van der Waals surface area contributed by atoms with Gasteiger partial charge in [-0.1, -0.05) is 23.7 Å². The highest BCUT2D eigenvalue weighted by atomic mass is 35.5. The van der Waals surface area contributed by atoms with Gasteiger partial charge < -0.3 is 15.2 Å². The Hall–Kier alpha value is -1.94. The maximum absolute atomic E-state index is 6.03. The van der Waals surface area contributed by atoms with Crippen LogP contribution in [0.1, 0.15) is 24.2 Å². The molecule has 0 aliphatic rings. The summed E-state index contributed by atoms with van der Waals surface area (Å²) in [6.45, 7) is 2.81. The Morgan fingerprint density at radius 3 is 2.76 bits per heavy atom. The minimum Gasteiger partial charge on any atom is -0.353 e. The second kappa shape index (κ2) is 7.18. The first-order chi connectivity index (χ1) is 10.1. The Labute approximate surface area is 130 Å². The van der Waals surface area contributed by atoms with Gasteiger partial charge in [-0.15, -0.1) is 0 Å². The fourth-order valence-corrected chi connectivity index (χ4v) is 2.31. The highest BCUT2D eigenvalue weighted by Gasteiger charge is 2.08. The average Bonchev–Trinajstić information content (AvgIpc) is 2.88. The topological polar surface area (TPSA) is 41.4 Å². The lowest BCUT2D eigenvalue weighted by atomic mass is 10.1. The highest BCUT2D eigenvalue weighted by Crippen LogP contribution is 2.17. The van der Waals surface area contributed by atoms with Crippen molar-refractivity contribution in [3.63, 3.8) is 0 Å². The first-order valence-corrected chi connectivity index (χ1v) is 7.31. The van der Waals surface area contributed by atoms with E-state index in [1.165, 1.54) is 5.69 Å². The largest absolute Gasteiger partial charge is 0.353 e. The summed E-state index contributed by atoms with van der Waals surface area (Å²) >= 11 is 6.03. The molecule has 21 heavy (non-hydrogen) atoms. The molecular weight excluding hydrogens is 284 g/mol. The molecule has 1 aromatic heterocycles. The van der Waals surface area contributed by atoms with E-state index in [0.29, 0.717) is 0 Å². The number of nitrogens with one attached hydrogen (secondary N) is 2. The lowest BCUT2D eigenvalue weighted by Gasteiger charge is -2.18. The quantitative estimate of drug-likeness (QED) is 0.673. The number of benzene rings is 1. The second-order valence-corrected chi connectivity index (χ2v) is 5.39. The molecule has 2 N–H and O–H groups in total. The van der Waals surface area contributed by atoms with Crippen LogP contribution in [-0.4, -0.2) is 17.6 Å². The molecule has 1 atom stereocenters. The molecule has 1 aromatic carbocycles. The molecule has 4 nitrogen and oxygen atoms in total. The summed E-state index contributed by atoms with van der Waals surface area (Å²) in [4.78, 5) is 4.26. The molecule has 112 valence electrons. The molecule has 0 bridgehead atoms. The molecule has 0 saturated heterocycles. The number of nitrogens with zero attached hydrogens (tertiary/aromatic N) is 2. The summed E-state index contributed by atoms with van der Waals surface area (Å²) in [5, 5.41) is 7.42. The molecule has 1 unspecified atom stereocenters. The summed E-state index contributed by atoms with van der Waals surface area (Å²) in [5.41, 5.74) is 2.33. The van der Waals surface area contributed by atoms with Crippen LogP contribution in [0.5, 0.6) is 0 Å². The van der Waals surface area contributed by atoms with Crippen molar-refractivity contribution in [2.24, 2.45) is 12.0 Å². The van der Waals surface area contributed by atoms with E-state index in [4.69, 9.17) is 11.6 Å². The van der Waals surface area contributed by atoms with Crippen molar-refractivity contribution in [2.45, 2.75) is 19.5 Å². The number of rotatable bonds is 4. The minimum atomic E-state index is 0.128. The van der Waals surface area contributed by atoms with Gasteiger partial charge in [0.15, 0.2) is 5.96 Å². The zero-order valence-corrected chi connectivity index (χ0v) is 13.4. The Balaban J connectivity index is 1.95. The van der Waals surface area contributed by atoms with E-state index < -0.39 is 0 Å². The van der Waals surface area contributed by atoms with Gasteiger partial charge in [0.25, 0.3) is 0 Å². The van der Waals surface area contributed by atoms with Gasteiger partial charge in [-0.3, -0.25) is 4.99 Å². The molecule has 1 heterocycles. The summed E-state index contributed by atoms with van der Waals surface area (Å²) in [7, 11) is 3.80. The highest BCUT2D eigenvalue weighted by molar-refractivity contribution is 6.30. The third-order valence-corrected chi connectivity index (χ3v) is 3.65. The Morgan fingerprint density at radius 2 is 2.14 bits per heavy atom. The Morgan fingerprint density at radius 1 is 1.33 bits per heavy atom. The van der Waals surface area contributed by atoms with Crippen molar-refractivity contribution in [3.8, 4) is 0 Å². The van der Waals surface area contributed by atoms with Gasteiger partial charge in [-0.25, -0.2) is 0 Å². The van der Waals surface area contributed by atoms with Crippen LogP contribution in [0.2, 0.25) is 5.02 Å². The number of aryl methyl sites for hydroxylation is 1. The van der Waals surface area contributed by atoms with Gasteiger partial charge in [0, 0.05) is 31.0 Å². The number of hydrogen-bond donors (Lipinski definition) is 2. The van der Waals surface area contributed by atoms with Crippen molar-refractivity contribution in [3.05, 3.63) is 58.9 Å². The summed E-state index contributed by atoms with van der Waals surface area (Å²) in [6, 6.07) is 12.1. The molecule has 0 spiro atoms. The standard InChI is InChI=1S/C16H21ClN4/c1-12(13-6-4-7-14(17)10-13)20-16(18-2)19-11-15-8-5-9-21(15)3/h4-10,12H,11H2,1-3H3,(H2,18,19,20). The number of guanidine groups is 1. The van der Waals surface area contributed by atoms with Gasteiger partial charge in [-0.05, 0) is 36.8 Å². The van der Waals surface area contributed by atoms with Crippen molar-refractivity contribution >= 4 is 17.6 Å². The van der Waals surface area contributed by atoms with Crippen LogP contribution < -0.4 is 10.6 Å². The molecule has 0 saturated carbocycles. The van der Waals surface area contributed by atoms with E-state index in [-0.39, 0.29) is 6.04 Å². The van der Waals surface area contributed by atoms with Crippen molar-refractivity contribution < 1.29 is 0 Å². The predicted octanol–water partition coefficient (Wildman–Crippen LogP) is 3.10. The van der Waals surface area contributed by atoms with E-state index in [2.05, 4.69) is 33.2 Å². The van der Waals surface area contributed by atoms with Gasteiger partial charge >= 0.3 is 0 Å². The molecule has 0 amide bonds. The molecule has 5 heteroatoms. The lowest BCUT2D eigenvalue weighted by Crippen LogP contribution is -2.38. The van der Waals surface area contributed by atoms with Crippen molar-refractivity contribution in [1.82, 2.24) is 15.2 Å². The molecule has 2 rings (SSSR count). The third-order valence-electron chi connectivity index (χ3n) is 3.41. The number of aromatic nitrogens is 1. The van der Waals surface area contributed by atoms with Crippen LogP contribution in [0.25, 0.3) is 0 Å². The monoisotopic (exact) mass is 304 g/mol. The first kappa shape index (κ1) is 15.4. The average molecular weight is 305 g/mol. The van der Waals surface area contributed by atoms with E-state index in [9.17, 15) is 0 Å². The van der Waals surface area contributed by atoms with Crippen LogP contribution in [0.4, 0.5) is 0 Å². The SMILES string of the molecule is CN=C(NCc1cccn1C)NC(C)c1cccc(Cl)c1. The summed E-state index contributed by atoms with van der Waals surface area (Å²) in [5.74, 6) is 0.767. The Kier molecular flexibility index (Phi) is 5.28. The minimum absolute atomic E-state index is 0.128. The number of halogens is 1. The molecular formula is C16H21ClN4. The zero-order valence-electron chi connectivity index (χ0n) is 12.6. The van der Waals surface area contributed by atoms with Crippen LogP contribution in [0.15, 0.2) is 47.6 Å². The fourth-order valence-electron chi connectivity index (χ4n) is 2.11. The molecule has 0 aliphatic carbocycles. The van der Waals surface area contributed by atoms with Crippen LogP contribution in [-0.2, 0) is 13.6 Å². The molecule has 2 aromatic rings. The van der Waals surface area contributed by atoms with E-state index in [1.54, 1.807) is 7.05 Å². The van der Waals surface area contributed by atoms with Crippen LogP contribution in [0, 0.1) is 0 Å². The normalized spacial score (nSPS) is 13.0. The summed E-state index contributed by atoms with van der Waals surface area (Å²) < 4.78 is 2.08. The maximum Gasteiger partial charge on any atom is 0.191 e. The molecule has 0 fully saturated rings. The smallest absolute Gasteiger partial charge is 0.191 e. The Bertz CT molecular complexity index is 618. The fraction of sp³-hybridized carbons (Fsp3) is 0.312. The van der Waals surface area contributed by atoms with Crippen molar-refractivity contribution in [1.29, 1.82) is 0 Å². The summed E-state index contributed by atoms with van der Waals surface area (Å²) in [6.07, 6.45) is 2.03. The number of hydrogen-bond acceptors (Lipinski definition) is 1. The first-order valence-electron chi connectivity index (χ1n) is 6.93.